The monoisotopic (exact) mass is 284 g/mol. The van der Waals surface area contributed by atoms with Gasteiger partial charge in [-0.25, -0.2) is 0 Å². The molecule has 1 amide bonds. The summed E-state index contributed by atoms with van der Waals surface area (Å²) < 4.78 is 0. The molecule has 2 atom stereocenters. The fourth-order valence-electron chi connectivity index (χ4n) is 3.17. The lowest BCUT2D eigenvalue weighted by Gasteiger charge is -2.43. The van der Waals surface area contributed by atoms with Crippen LogP contribution in [0.1, 0.15) is 53.4 Å². The van der Waals surface area contributed by atoms with Crippen molar-refractivity contribution in [1.29, 1.82) is 0 Å². The van der Waals surface area contributed by atoms with Crippen molar-refractivity contribution in [3.05, 3.63) is 0 Å². The molecule has 0 radical (unpaired) electrons. The maximum atomic E-state index is 12.0. The number of likely N-dealkylation sites (tertiary alicyclic amines) is 1. The lowest BCUT2D eigenvalue weighted by Crippen LogP contribution is -2.56. The van der Waals surface area contributed by atoms with Crippen LogP contribution >= 0.6 is 0 Å². The Labute approximate surface area is 121 Å². The van der Waals surface area contributed by atoms with Crippen LogP contribution in [-0.4, -0.2) is 47.1 Å². The number of carboxylic acids is 1. The maximum Gasteiger partial charge on any atom is 0.321 e. The van der Waals surface area contributed by atoms with Crippen molar-refractivity contribution in [2.24, 2.45) is 5.41 Å². The van der Waals surface area contributed by atoms with Crippen LogP contribution in [0.2, 0.25) is 0 Å². The van der Waals surface area contributed by atoms with Crippen molar-refractivity contribution >= 4 is 11.9 Å². The second-order valence-electron chi connectivity index (χ2n) is 6.56. The molecule has 0 bridgehead atoms. The van der Waals surface area contributed by atoms with Crippen molar-refractivity contribution < 1.29 is 14.7 Å². The normalized spacial score (nSPS) is 24.1. The van der Waals surface area contributed by atoms with Crippen molar-refractivity contribution in [2.45, 2.75) is 65.5 Å². The molecule has 116 valence electrons. The van der Waals surface area contributed by atoms with Gasteiger partial charge in [-0.05, 0) is 38.1 Å². The molecule has 1 aliphatic heterocycles. The van der Waals surface area contributed by atoms with Gasteiger partial charge < -0.3 is 10.4 Å². The van der Waals surface area contributed by atoms with Gasteiger partial charge >= 0.3 is 5.97 Å². The third-order valence-electron chi connectivity index (χ3n) is 4.08. The first-order chi connectivity index (χ1) is 9.27. The molecule has 1 rings (SSSR count). The van der Waals surface area contributed by atoms with E-state index in [1.807, 2.05) is 20.8 Å². The number of carbonyl (C=O) groups excluding carboxylic acids is 1. The Morgan fingerprint density at radius 2 is 2.10 bits per heavy atom. The number of nitrogens with one attached hydrogen (secondary N) is 1. The van der Waals surface area contributed by atoms with Gasteiger partial charge in [-0.1, -0.05) is 27.2 Å². The molecule has 1 heterocycles. The molecule has 5 heteroatoms. The number of aliphatic carboxylic acids is 1. The zero-order valence-electron chi connectivity index (χ0n) is 13.1. The van der Waals surface area contributed by atoms with E-state index in [1.54, 1.807) is 4.90 Å². The summed E-state index contributed by atoms with van der Waals surface area (Å²) in [5.41, 5.74) is -0.292. The molecule has 1 saturated heterocycles. The van der Waals surface area contributed by atoms with Gasteiger partial charge in [0.05, 0.1) is 6.54 Å². The molecular formula is C15H28N2O3. The SMILES string of the molecule is CCCC(C)NC(=O)CN1CCCC(C)(C)C1C(=O)O. The van der Waals surface area contributed by atoms with E-state index in [4.69, 9.17) is 0 Å². The van der Waals surface area contributed by atoms with Crippen molar-refractivity contribution in [3.63, 3.8) is 0 Å². The molecule has 20 heavy (non-hydrogen) atoms. The van der Waals surface area contributed by atoms with Gasteiger partial charge in [0.25, 0.3) is 0 Å². The van der Waals surface area contributed by atoms with Gasteiger partial charge in [0.2, 0.25) is 5.91 Å². The molecule has 0 aromatic carbocycles. The van der Waals surface area contributed by atoms with E-state index in [0.717, 1.165) is 25.7 Å². The topological polar surface area (TPSA) is 69.6 Å². The average molecular weight is 284 g/mol. The predicted octanol–water partition coefficient (Wildman–Crippen LogP) is 1.87. The van der Waals surface area contributed by atoms with E-state index in [2.05, 4.69) is 12.2 Å². The van der Waals surface area contributed by atoms with E-state index >= 15 is 0 Å². The van der Waals surface area contributed by atoms with Gasteiger partial charge in [0.1, 0.15) is 6.04 Å². The number of piperidine rings is 1. The zero-order chi connectivity index (χ0) is 15.3. The lowest BCUT2D eigenvalue weighted by atomic mass is 9.76. The van der Waals surface area contributed by atoms with Crippen molar-refractivity contribution in [1.82, 2.24) is 10.2 Å². The highest BCUT2D eigenvalue weighted by Crippen LogP contribution is 2.35. The van der Waals surface area contributed by atoms with Crippen LogP contribution in [0.25, 0.3) is 0 Å². The van der Waals surface area contributed by atoms with Crippen LogP contribution < -0.4 is 5.32 Å². The molecule has 0 aromatic heterocycles. The number of carbonyl (C=O) groups is 2. The minimum Gasteiger partial charge on any atom is -0.480 e. The minimum absolute atomic E-state index is 0.0742. The first kappa shape index (κ1) is 17.0. The Kier molecular flexibility index (Phi) is 5.99. The van der Waals surface area contributed by atoms with Crippen LogP contribution in [0.5, 0.6) is 0 Å². The largest absolute Gasteiger partial charge is 0.480 e. The van der Waals surface area contributed by atoms with Crippen LogP contribution in [-0.2, 0) is 9.59 Å². The minimum atomic E-state index is -0.830. The summed E-state index contributed by atoms with van der Waals surface area (Å²) in [4.78, 5) is 25.3. The van der Waals surface area contributed by atoms with Crippen LogP contribution in [0.4, 0.5) is 0 Å². The van der Waals surface area contributed by atoms with Crippen LogP contribution in [0.15, 0.2) is 0 Å². The van der Waals surface area contributed by atoms with E-state index in [1.165, 1.54) is 0 Å². The van der Waals surface area contributed by atoms with E-state index < -0.39 is 12.0 Å². The molecule has 1 aliphatic rings. The molecule has 0 aliphatic carbocycles. The maximum absolute atomic E-state index is 12.0. The van der Waals surface area contributed by atoms with Crippen molar-refractivity contribution in [3.8, 4) is 0 Å². The Hall–Kier alpha value is -1.10. The van der Waals surface area contributed by atoms with E-state index in [9.17, 15) is 14.7 Å². The molecular weight excluding hydrogens is 256 g/mol. The van der Waals surface area contributed by atoms with Gasteiger partial charge in [-0.2, -0.15) is 0 Å². The summed E-state index contributed by atoms with van der Waals surface area (Å²) >= 11 is 0. The van der Waals surface area contributed by atoms with Gasteiger partial charge in [-0.3, -0.25) is 14.5 Å². The molecule has 0 aromatic rings. The highest BCUT2D eigenvalue weighted by Gasteiger charge is 2.42. The number of nitrogens with zero attached hydrogens (tertiary/aromatic N) is 1. The van der Waals surface area contributed by atoms with E-state index in [-0.39, 0.29) is 23.9 Å². The summed E-state index contributed by atoms with van der Waals surface area (Å²) in [6.45, 7) is 8.85. The lowest BCUT2D eigenvalue weighted by molar-refractivity contribution is -0.151. The highest BCUT2D eigenvalue weighted by molar-refractivity contribution is 5.80. The highest BCUT2D eigenvalue weighted by atomic mass is 16.4. The number of amides is 1. The van der Waals surface area contributed by atoms with Gasteiger partial charge in [0, 0.05) is 6.04 Å². The second-order valence-corrected chi connectivity index (χ2v) is 6.56. The van der Waals surface area contributed by atoms with Crippen LogP contribution in [0.3, 0.4) is 0 Å². The zero-order valence-corrected chi connectivity index (χ0v) is 13.1. The Morgan fingerprint density at radius 1 is 1.45 bits per heavy atom. The average Bonchev–Trinajstić information content (AvgIpc) is 2.26. The molecule has 0 spiro atoms. The first-order valence-corrected chi connectivity index (χ1v) is 7.54. The van der Waals surface area contributed by atoms with Gasteiger partial charge in [0.15, 0.2) is 0 Å². The van der Waals surface area contributed by atoms with Crippen LogP contribution in [0, 0.1) is 5.41 Å². The Balaban J connectivity index is 2.64. The Morgan fingerprint density at radius 3 is 2.65 bits per heavy atom. The van der Waals surface area contributed by atoms with Gasteiger partial charge in [-0.15, -0.1) is 0 Å². The quantitative estimate of drug-likeness (QED) is 0.781. The standard InChI is InChI=1S/C15H28N2O3/c1-5-7-11(2)16-12(18)10-17-9-6-8-15(3,4)13(17)14(19)20/h11,13H,5-10H2,1-4H3,(H,16,18)(H,19,20). The first-order valence-electron chi connectivity index (χ1n) is 7.54. The third kappa shape index (κ3) is 4.47. The molecule has 1 fully saturated rings. The number of carboxylic acid groups (broad SMARTS) is 1. The fraction of sp³-hybridized carbons (Fsp3) is 0.867. The van der Waals surface area contributed by atoms with Crippen molar-refractivity contribution in [2.75, 3.05) is 13.1 Å². The summed E-state index contributed by atoms with van der Waals surface area (Å²) in [5, 5.41) is 12.4. The number of rotatable bonds is 6. The second kappa shape index (κ2) is 7.07. The summed E-state index contributed by atoms with van der Waals surface area (Å²) in [7, 11) is 0. The van der Waals surface area contributed by atoms with E-state index in [0.29, 0.717) is 6.54 Å². The fourth-order valence-corrected chi connectivity index (χ4v) is 3.17. The molecule has 2 unspecified atom stereocenters. The molecule has 5 nitrogen and oxygen atoms in total. The third-order valence-corrected chi connectivity index (χ3v) is 4.08. The molecule has 2 N–H and O–H groups in total. The summed E-state index contributed by atoms with van der Waals surface area (Å²) in [6, 6.07) is -0.433. The smallest absolute Gasteiger partial charge is 0.321 e. The number of hydrogen-bond acceptors (Lipinski definition) is 3. The Bertz CT molecular complexity index is 355. The summed E-state index contributed by atoms with van der Waals surface area (Å²) in [5.74, 6) is -0.904. The predicted molar refractivity (Wildman–Crippen MR) is 78.5 cm³/mol. The number of hydrogen-bond donors (Lipinski definition) is 2. The molecule has 0 saturated carbocycles. The summed E-state index contributed by atoms with van der Waals surface area (Å²) in [6.07, 6.45) is 3.79.